The molecule has 0 saturated heterocycles. The molecule has 4 aromatic rings. The molecule has 0 fully saturated rings. The van der Waals surface area contributed by atoms with Gasteiger partial charge >= 0.3 is 5.97 Å². The number of hydrogen-bond acceptors (Lipinski definition) is 8. The first kappa shape index (κ1) is 32.3. The van der Waals surface area contributed by atoms with Gasteiger partial charge in [-0.2, -0.15) is 0 Å². The van der Waals surface area contributed by atoms with E-state index in [0.717, 1.165) is 13.6 Å². The number of nitrogens with zero attached hydrogens (tertiary/aromatic N) is 2. The van der Waals surface area contributed by atoms with Gasteiger partial charge in [0.2, 0.25) is 0 Å². The van der Waals surface area contributed by atoms with E-state index in [4.69, 9.17) is 30.5 Å². The normalized spacial score (nSPS) is 14.4. The van der Waals surface area contributed by atoms with Crippen LogP contribution in [0.5, 0.6) is 17.2 Å². The highest BCUT2D eigenvalue weighted by atomic mass is 127. The summed E-state index contributed by atoms with van der Waals surface area (Å²) in [6.45, 7) is 4.96. The van der Waals surface area contributed by atoms with Crippen LogP contribution in [0.1, 0.15) is 36.6 Å². The Morgan fingerprint density at radius 3 is 2.50 bits per heavy atom. The average Bonchev–Trinajstić information content (AvgIpc) is 3.32. The zero-order valence-electron chi connectivity index (χ0n) is 23.9. The minimum Gasteiger partial charge on any atom is -0.490 e. The predicted molar refractivity (Wildman–Crippen MR) is 183 cm³/mol. The van der Waals surface area contributed by atoms with Crippen LogP contribution in [0.3, 0.4) is 0 Å². The van der Waals surface area contributed by atoms with E-state index in [9.17, 15) is 9.59 Å². The van der Waals surface area contributed by atoms with Crippen LogP contribution in [0.15, 0.2) is 80.6 Å². The molecule has 2 heterocycles. The molecular weight excluding hydrogens is 783 g/mol. The second-order valence-corrected chi connectivity index (χ2v) is 13.0. The Bertz CT molecular complexity index is 1920. The minimum atomic E-state index is -0.793. The number of benzene rings is 3. The number of hydrogen-bond donors (Lipinski definition) is 0. The molecular formula is C32H27BrClIN2O6S. The first-order chi connectivity index (χ1) is 21.2. The highest BCUT2D eigenvalue weighted by Gasteiger charge is 2.31. The van der Waals surface area contributed by atoms with Crippen LogP contribution in [0, 0.1) is 3.57 Å². The SMILES string of the molecule is CCOc1ccc([C@H]2C(C(=O)OC)=CN=c3s/c(=C/c4cc(Br)cc(I)c4OCc4ccc(Cl)cc4)c(=O)n32)cc1OCC. The second-order valence-electron chi connectivity index (χ2n) is 9.47. The maximum atomic E-state index is 14.1. The van der Waals surface area contributed by atoms with E-state index >= 15 is 0 Å². The molecule has 0 radical (unpaired) electrons. The van der Waals surface area contributed by atoms with E-state index < -0.39 is 12.0 Å². The van der Waals surface area contributed by atoms with Crippen LogP contribution in [-0.2, 0) is 16.1 Å². The Balaban J connectivity index is 1.62. The van der Waals surface area contributed by atoms with Crippen molar-refractivity contribution < 1.29 is 23.7 Å². The maximum absolute atomic E-state index is 14.1. The second kappa shape index (κ2) is 14.3. The van der Waals surface area contributed by atoms with Gasteiger partial charge in [0, 0.05) is 21.3 Å². The van der Waals surface area contributed by atoms with Crippen molar-refractivity contribution in [3.05, 3.63) is 116 Å². The molecule has 0 amide bonds. The van der Waals surface area contributed by atoms with Gasteiger partial charge in [0.15, 0.2) is 16.3 Å². The zero-order chi connectivity index (χ0) is 31.4. The molecule has 0 N–H and O–H groups in total. The molecule has 0 saturated carbocycles. The van der Waals surface area contributed by atoms with Crippen molar-refractivity contribution >= 4 is 73.5 Å². The van der Waals surface area contributed by atoms with Crippen molar-refractivity contribution in [1.82, 2.24) is 4.57 Å². The molecule has 1 aliphatic rings. The fourth-order valence-electron chi connectivity index (χ4n) is 4.70. The number of fused-ring (bicyclic) bond motifs is 1. The molecule has 0 aliphatic carbocycles. The summed E-state index contributed by atoms with van der Waals surface area (Å²) in [4.78, 5) is 32.0. The molecule has 3 aromatic carbocycles. The fraction of sp³-hybridized carbons (Fsp3) is 0.219. The summed E-state index contributed by atoms with van der Waals surface area (Å²) in [5.41, 5.74) is 2.24. The van der Waals surface area contributed by atoms with Crippen molar-refractivity contribution in [3.63, 3.8) is 0 Å². The third-order valence-electron chi connectivity index (χ3n) is 6.63. The third-order valence-corrected chi connectivity index (χ3v) is 9.14. The largest absolute Gasteiger partial charge is 0.490 e. The Morgan fingerprint density at radius 2 is 1.80 bits per heavy atom. The lowest BCUT2D eigenvalue weighted by Crippen LogP contribution is -2.39. The molecule has 12 heteroatoms. The number of aromatic nitrogens is 1. The molecule has 0 bridgehead atoms. The van der Waals surface area contributed by atoms with E-state index in [1.165, 1.54) is 29.2 Å². The lowest BCUT2D eigenvalue weighted by Gasteiger charge is -2.23. The summed E-state index contributed by atoms with van der Waals surface area (Å²) in [6.07, 6.45) is 3.25. The first-order valence-electron chi connectivity index (χ1n) is 13.6. The van der Waals surface area contributed by atoms with Gasteiger partial charge in [-0.25, -0.2) is 9.79 Å². The van der Waals surface area contributed by atoms with E-state index in [0.29, 0.717) is 62.6 Å². The highest BCUT2D eigenvalue weighted by molar-refractivity contribution is 14.1. The first-order valence-corrected chi connectivity index (χ1v) is 16.7. The van der Waals surface area contributed by atoms with Crippen molar-refractivity contribution in [2.45, 2.75) is 26.5 Å². The van der Waals surface area contributed by atoms with Crippen molar-refractivity contribution in [1.29, 1.82) is 0 Å². The zero-order valence-corrected chi connectivity index (χ0v) is 29.3. The van der Waals surface area contributed by atoms with Crippen LogP contribution in [0.2, 0.25) is 5.02 Å². The average molecular weight is 810 g/mol. The van der Waals surface area contributed by atoms with E-state index in [-0.39, 0.29) is 11.1 Å². The lowest BCUT2D eigenvalue weighted by molar-refractivity contribution is -0.136. The molecule has 228 valence electrons. The molecule has 0 unspecified atom stereocenters. The minimum absolute atomic E-state index is 0.224. The molecule has 0 spiro atoms. The Labute approximate surface area is 284 Å². The Hall–Kier alpha value is -3.13. The summed E-state index contributed by atoms with van der Waals surface area (Å²) >= 11 is 13.1. The molecule has 44 heavy (non-hydrogen) atoms. The number of rotatable bonds is 10. The highest BCUT2D eigenvalue weighted by Crippen LogP contribution is 2.35. The smallest absolute Gasteiger partial charge is 0.337 e. The summed E-state index contributed by atoms with van der Waals surface area (Å²) < 4.78 is 26.6. The summed E-state index contributed by atoms with van der Waals surface area (Å²) in [5, 5.41) is 0.649. The van der Waals surface area contributed by atoms with E-state index in [1.54, 1.807) is 18.2 Å². The van der Waals surface area contributed by atoms with Crippen LogP contribution in [0.25, 0.3) is 6.08 Å². The van der Waals surface area contributed by atoms with Gasteiger partial charge in [-0.3, -0.25) is 9.36 Å². The summed E-state index contributed by atoms with van der Waals surface area (Å²) in [5.74, 6) is 1.14. The number of methoxy groups -OCH3 is 1. The predicted octanol–water partition coefficient (Wildman–Crippen LogP) is 6.42. The van der Waals surface area contributed by atoms with Gasteiger partial charge in [0.1, 0.15) is 12.4 Å². The standard InChI is InChI=1S/C32H27BrClIN2O6S/c1-4-41-25-11-8-19(13-26(25)42-5-2)28-23(31(39)40-3)16-36-32-37(28)30(38)27(44-32)14-20-12-21(33)15-24(35)29(20)43-17-18-6-9-22(34)10-7-18/h6-16,28H,4-5,17H2,1-3H3/b27-14+/t28-/m0/s1. The van der Waals surface area contributed by atoms with Crippen LogP contribution >= 0.6 is 61.5 Å². The summed E-state index contributed by atoms with van der Waals surface area (Å²) in [6, 6.07) is 15.9. The molecule has 1 aromatic heterocycles. The molecule has 5 rings (SSSR count). The van der Waals surface area contributed by atoms with Crippen LogP contribution < -0.4 is 29.1 Å². The Morgan fingerprint density at radius 1 is 1.07 bits per heavy atom. The molecule has 1 atom stereocenters. The monoisotopic (exact) mass is 808 g/mol. The Kier molecular flexibility index (Phi) is 10.5. The number of carbonyl (C=O) groups is 1. The lowest BCUT2D eigenvalue weighted by atomic mass is 9.97. The number of esters is 1. The molecule has 8 nitrogen and oxygen atoms in total. The van der Waals surface area contributed by atoms with Gasteiger partial charge < -0.3 is 18.9 Å². The van der Waals surface area contributed by atoms with Gasteiger partial charge in [0.25, 0.3) is 5.56 Å². The van der Waals surface area contributed by atoms with Crippen molar-refractivity contribution in [2.24, 2.45) is 4.99 Å². The fourth-order valence-corrected chi connectivity index (χ4v) is 7.50. The number of thiazole rings is 1. The third kappa shape index (κ3) is 6.90. The number of halogens is 3. The van der Waals surface area contributed by atoms with E-state index in [1.807, 2.05) is 56.3 Å². The van der Waals surface area contributed by atoms with Gasteiger partial charge in [-0.1, -0.05) is 57.1 Å². The van der Waals surface area contributed by atoms with Crippen molar-refractivity contribution in [2.75, 3.05) is 20.3 Å². The van der Waals surface area contributed by atoms with E-state index in [2.05, 4.69) is 43.5 Å². The van der Waals surface area contributed by atoms with Gasteiger partial charge in [-0.15, -0.1) is 0 Å². The molecule has 1 aliphatic heterocycles. The summed E-state index contributed by atoms with van der Waals surface area (Å²) in [7, 11) is 1.30. The van der Waals surface area contributed by atoms with Crippen LogP contribution in [-0.4, -0.2) is 30.9 Å². The van der Waals surface area contributed by atoms with Gasteiger partial charge in [-0.05, 0) is 90.0 Å². The van der Waals surface area contributed by atoms with Crippen molar-refractivity contribution in [3.8, 4) is 17.2 Å². The van der Waals surface area contributed by atoms with Gasteiger partial charge in [0.05, 0.1) is 40.0 Å². The topological polar surface area (TPSA) is 88.4 Å². The number of carbonyl (C=O) groups excluding carboxylic acids is 1. The quantitative estimate of drug-likeness (QED) is 0.136. The van der Waals surface area contributed by atoms with Crippen LogP contribution in [0.4, 0.5) is 0 Å². The number of ether oxygens (including phenoxy) is 4. The maximum Gasteiger partial charge on any atom is 0.337 e.